The van der Waals surface area contributed by atoms with Crippen LogP contribution in [-0.2, 0) is 25.8 Å². The first-order valence-corrected chi connectivity index (χ1v) is 17.2. The van der Waals surface area contributed by atoms with E-state index in [-0.39, 0.29) is 42.4 Å². The lowest BCUT2D eigenvalue weighted by atomic mass is 9.95. The van der Waals surface area contributed by atoms with Crippen molar-refractivity contribution in [3.8, 4) is 5.75 Å². The van der Waals surface area contributed by atoms with Crippen LogP contribution in [-0.4, -0.2) is 115 Å². The van der Waals surface area contributed by atoms with Gasteiger partial charge in [0.2, 0.25) is 12.3 Å². The lowest BCUT2D eigenvalue weighted by Gasteiger charge is -2.42. The monoisotopic (exact) mass is 639 g/mol. The molecular weight excluding hydrogens is 598 g/mol. The molecule has 45 heavy (non-hydrogen) atoms. The number of carbonyl (C=O) groups is 3. The normalized spacial score (nSPS) is 19.6. The molecule has 0 aromatic heterocycles. The third kappa shape index (κ3) is 7.09. The van der Waals surface area contributed by atoms with E-state index in [1.54, 1.807) is 18.1 Å². The molecule has 1 saturated heterocycles. The third-order valence-corrected chi connectivity index (χ3v) is 9.90. The van der Waals surface area contributed by atoms with Crippen LogP contribution in [0, 0.1) is 13.8 Å². The molecule has 0 bridgehead atoms. The summed E-state index contributed by atoms with van der Waals surface area (Å²) in [4.78, 5) is 46.2. The molecule has 1 atom stereocenters. The Kier molecular flexibility index (Phi) is 9.40. The molecule has 2 aromatic rings. The van der Waals surface area contributed by atoms with Crippen LogP contribution < -0.4 is 10.1 Å². The highest BCUT2D eigenvalue weighted by molar-refractivity contribution is 7.90. The van der Waals surface area contributed by atoms with Crippen molar-refractivity contribution in [2.75, 3.05) is 57.2 Å². The van der Waals surface area contributed by atoms with Gasteiger partial charge in [-0.15, -0.1) is 0 Å². The van der Waals surface area contributed by atoms with Crippen molar-refractivity contribution < 1.29 is 32.6 Å². The number of ether oxygens (including phenoxy) is 1. The second kappa shape index (κ2) is 13.1. The maximum Gasteiger partial charge on any atom is 0.322 e. The van der Waals surface area contributed by atoms with E-state index in [0.717, 1.165) is 39.3 Å². The van der Waals surface area contributed by atoms with Crippen LogP contribution in [0.5, 0.6) is 5.75 Å². The van der Waals surface area contributed by atoms with Crippen LogP contribution >= 0.6 is 0 Å². The van der Waals surface area contributed by atoms with Crippen molar-refractivity contribution in [2.24, 2.45) is 0 Å². The molecule has 4 amide bonds. The van der Waals surface area contributed by atoms with Gasteiger partial charge >= 0.3 is 6.03 Å². The van der Waals surface area contributed by atoms with E-state index < -0.39 is 22.1 Å². The van der Waals surface area contributed by atoms with Crippen molar-refractivity contribution in [1.82, 2.24) is 19.6 Å². The largest absolute Gasteiger partial charge is 0.497 e. The Labute approximate surface area is 264 Å². The minimum absolute atomic E-state index is 0.0364. The van der Waals surface area contributed by atoms with E-state index in [1.807, 2.05) is 49.1 Å². The molecule has 0 spiro atoms. The number of likely N-dealkylation sites (tertiary alicyclic amines) is 1. The number of piperidine rings is 1. The van der Waals surface area contributed by atoms with Crippen LogP contribution in [0.3, 0.4) is 0 Å². The van der Waals surface area contributed by atoms with E-state index in [2.05, 4.69) is 5.32 Å². The highest BCUT2D eigenvalue weighted by Gasteiger charge is 2.37. The van der Waals surface area contributed by atoms with Gasteiger partial charge in [0.05, 0.1) is 18.4 Å². The van der Waals surface area contributed by atoms with E-state index in [0.29, 0.717) is 44.5 Å². The molecule has 242 valence electrons. The Hall–Kier alpha value is -4.10. The molecular formula is C32H41N5O7S. The fourth-order valence-corrected chi connectivity index (χ4v) is 6.68. The average Bonchev–Trinajstić information content (AvgIpc) is 3.17. The highest BCUT2D eigenvalue weighted by Crippen LogP contribution is 2.30. The SMILES string of the molecule is COc1ccc2c(c1)CCN(C1CCN(C(=O)CN3C=C(c4cccc(C)c4C)C(=O)N(CCS(C)(=O)=O)C3O)CC1)C(=O)N2. The van der Waals surface area contributed by atoms with Crippen molar-refractivity contribution in [3.05, 3.63) is 64.9 Å². The fraction of sp³-hybridized carbons (Fsp3) is 0.469. The number of aliphatic hydroxyl groups is 1. The zero-order valence-corrected chi connectivity index (χ0v) is 27.0. The number of fused-ring (bicyclic) bond motifs is 1. The van der Waals surface area contributed by atoms with E-state index in [9.17, 15) is 27.9 Å². The number of benzene rings is 2. The van der Waals surface area contributed by atoms with Crippen LogP contribution in [0.15, 0.2) is 42.6 Å². The molecule has 1 unspecified atom stereocenters. The molecule has 0 saturated carbocycles. The van der Waals surface area contributed by atoms with Gasteiger partial charge in [-0.3, -0.25) is 14.5 Å². The van der Waals surface area contributed by atoms with Gasteiger partial charge in [0.1, 0.15) is 22.1 Å². The number of aryl methyl sites for hydroxylation is 1. The Bertz CT molecular complexity index is 1620. The Morgan fingerprint density at radius 3 is 2.51 bits per heavy atom. The quantitative estimate of drug-likeness (QED) is 0.448. The number of methoxy groups -OCH3 is 1. The minimum Gasteiger partial charge on any atom is -0.497 e. The van der Waals surface area contributed by atoms with Gasteiger partial charge in [0, 0.05) is 50.4 Å². The number of aliphatic hydroxyl groups excluding tert-OH is 1. The minimum atomic E-state index is -3.42. The lowest BCUT2D eigenvalue weighted by Crippen LogP contribution is -2.57. The predicted octanol–water partition coefficient (Wildman–Crippen LogP) is 2.20. The van der Waals surface area contributed by atoms with E-state index >= 15 is 0 Å². The summed E-state index contributed by atoms with van der Waals surface area (Å²) in [6, 6.07) is 11.0. The number of amides is 4. The fourth-order valence-electron chi connectivity index (χ4n) is 6.15. The van der Waals surface area contributed by atoms with Crippen molar-refractivity contribution >= 4 is 38.9 Å². The van der Waals surface area contributed by atoms with Crippen molar-refractivity contribution in [3.63, 3.8) is 0 Å². The Balaban J connectivity index is 1.27. The summed E-state index contributed by atoms with van der Waals surface area (Å²) in [7, 11) is -1.81. The smallest absolute Gasteiger partial charge is 0.322 e. The maximum absolute atomic E-state index is 13.5. The van der Waals surface area contributed by atoms with Crippen molar-refractivity contribution in [1.29, 1.82) is 0 Å². The third-order valence-electron chi connectivity index (χ3n) is 8.97. The van der Waals surface area contributed by atoms with Gasteiger partial charge < -0.3 is 29.9 Å². The van der Waals surface area contributed by atoms with Gasteiger partial charge in [-0.05, 0) is 73.6 Å². The summed E-state index contributed by atoms with van der Waals surface area (Å²) >= 11 is 0. The summed E-state index contributed by atoms with van der Waals surface area (Å²) in [5.74, 6) is -0.323. The molecule has 0 radical (unpaired) electrons. The van der Waals surface area contributed by atoms with Crippen molar-refractivity contribution in [2.45, 2.75) is 45.5 Å². The van der Waals surface area contributed by atoms with Gasteiger partial charge in [0.15, 0.2) is 0 Å². The van der Waals surface area contributed by atoms with Gasteiger partial charge in [-0.1, -0.05) is 18.2 Å². The number of hydrogen-bond donors (Lipinski definition) is 2. The zero-order valence-electron chi connectivity index (χ0n) is 26.2. The summed E-state index contributed by atoms with van der Waals surface area (Å²) in [5, 5.41) is 14.2. The predicted molar refractivity (Wildman–Crippen MR) is 170 cm³/mol. The van der Waals surface area contributed by atoms with Gasteiger partial charge in [-0.25, -0.2) is 13.2 Å². The maximum atomic E-state index is 13.5. The number of nitrogens with zero attached hydrogens (tertiary/aromatic N) is 4. The van der Waals surface area contributed by atoms with Crippen LogP contribution in [0.4, 0.5) is 10.5 Å². The summed E-state index contributed by atoms with van der Waals surface area (Å²) in [6.45, 7) is 4.82. The molecule has 0 aliphatic carbocycles. The standard InChI is InChI=1S/C32H41N5O7S/c1-21-6-5-7-26(22(21)2)27-19-35(32(41)37(30(27)39)16-17-45(4,42)43)20-29(38)34-13-11-24(12-14-34)36-15-10-23-18-25(44-3)8-9-28(23)33-31(36)40/h5-9,18-19,24,32,41H,10-17,20H2,1-4H3,(H,33,40). The number of urea groups is 1. The second-order valence-corrected chi connectivity index (χ2v) is 14.2. The summed E-state index contributed by atoms with van der Waals surface area (Å²) < 4.78 is 29.2. The number of sulfone groups is 1. The number of hydrogen-bond acceptors (Lipinski definition) is 8. The molecule has 3 aliphatic heterocycles. The van der Waals surface area contributed by atoms with Crippen LogP contribution in [0.25, 0.3) is 5.57 Å². The first-order valence-electron chi connectivity index (χ1n) is 15.1. The lowest BCUT2D eigenvalue weighted by molar-refractivity contribution is -0.155. The topological polar surface area (TPSA) is 140 Å². The van der Waals surface area contributed by atoms with Gasteiger partial charge in [0.25, 0.3) is 5.91 Å². The molecule has 2 aromatic carbocycles. The Morgan fingerprint density at radius 1 is 1.09 bits per heavy atom. The second-order valence-electron chi connectivity index (χ2n) is 11.9. The summed E-state index contributed by atoms with van der Waals surface area (Å²) in [6.07, 6.45) is 2.96. The number of nitrogens with one attached hydrogen (secondary N) is 1. The van der Waals surface area contributed by atoms with Gasteiger partial charge in [-0.2, -0.15) is 0 Å². The molecule has 3 heterocycles. The number of rotatable bonds is 8. The first kappa shape index (κ1) is 32.3. The molecule has 3 aliphatic rings. The first-order chi connectivity index (χ1) is 21.4. The molecule has 12 nitrogen and oxygen atoms in total. The number of carbonyl (C=O) groups excluding carboxylic acids is 3. The highest BCUT2D eigenvalue weighted by atomic mass is 32.2. The zero-order chi connectivity index (χ0) is 32.5. The molecule has 1 fully saturated rings. The molecule has 2 N–H and O–H groups in total. The Morgan fingerprint density at radius 2 is 1.82 bits per heavy atom. The molecule has 13 heteroatoms. The van der Waals surface area contributed by atoms with E-state index in [4.69, 9.17) is 4.74 Å². The van der Waals surface area contributed by atoms with E-state index in [1.165, 1.54) is 11.1 Å². The van der Waals surface area contributed by atoms with Crippen LogP contribution in [0.1, 0.15) is 35.1 Å². The average molecular weight is 640 g/mol. The molecule has 5 rings (SSSR count). The van der Waals surface area contributed by atoms with Crippen LogP contribution in [0.2, 0.25) is 0 Å². The summed E-state index contributed by atoms with van der Waals surface area (Å²) in [5.41, 5.74) is 4.58. The number of anilines is 1.